The molecule has 4 heteroatoms. The quantitative estimate of drug-likeness (QED) is 0.651. The van der Waals surface area contributed by atoms with Gasteiger partial charge in [0.15, 0.2) is 0 Å². The molecule has 1 fully saturated rings. The third-order valence-corrected chi connectivity index (χ3v) is 2.52. The first-order valence-corrected chi connectivity index (χ1v) is 4.94. The highest BCUT2D eigenvalue weighted by atomic mass is 16.7. The molecule has 0 aromatic rings. The summed E-state index contributed by atoms with van der Waals surface area (Å²) in [5.74, 6) is 0.749. The lowest BCUT2D eigenvalue weighted by molar-refractivity contribution is -0.117. The van der Waals surface area contributed by atoms with Crippen molar-refractivity contribution in [1.29, 1.82) is 0 Å². The molecule has 1 saturated carbocycles. The van der Waals surface area contributed by atoms with Crippen LogP contribution in [0.15, 0.2) is 0 Å². The Morgan fingerprint density at radius 3 is 2.64 bits per heavy atom. The maximum absolute atomic E-state index is 11.1. The van der Waals surface area contributed by atoms with Gasteiger partial charge in [0.1, 0.15) is 5.78 Å². The van der Waals surface area contributed by atoms with Gasteiger partial charge in [-0.25, -0.2) is 4.79 Å². The van der Waals surface area contributed by atoms with Crippen LogP contribution in [0.25, 0.3) is 0 Å². The van der Waals surface area contributed by atoms with Crippen LogP contribution < -0.4 is 0 Å². The molecule has 1 aliphatic rings. The van der Waals surface area contributed by atoms with Gasteiger partial charge in [0.05, 0.1) is 13.2 Å². The number of rotatable bonds is 3. The molecule has 0 aromatic heterocycles. The highest BCUT2D eigenvalue weighted by Crippen LogP contribution is 2.28. The lowest BCUT2D eigenvalue weighted by atomic mass is 10.00. The van der Waals surface area contributed by atoms with Crippen LogP contribution in [0.1, 0.15) is 26.7 Å². The molecule has 0 spiro atoms. The van der Waals surface area contributed by atoms with E-state index in [-0.39, 0.29) is 11.7 Å². The van der Waals surface area contributed by atoms with Gasteiger partial charge >= 0.3 is 6.16 Å². The maximum atomic E-state index is 11.1. The Kier molecular flexibility index (Phi) is 3.92. The van der Waals surface area contributed by atoms with Crippen molar-refractivity contribution >= 4 is 11.9 Å². The average molecular weight is 200 g/mol. The van der Waals surface area contributed by atoms with Crippen LogP contribution >= 0.6 is 0 Å². The van der Waals surface area contributed by atoms with E-state index in [4.69, 9.17) is 4.74 Å². The van der Waals surface area contributed by atoms with E-state index < -0.39 is 6.16 Å². The third kappa shape index (κ3) is 3.01. The predicted octanol–water partition coefficient (Wildman–Crippen LogP) is 1.77. The second-order valence-electron chi connectivity index (χ2n) is 3.68. The minimum atomic E-state index is -0.640. The van der Waals surface area contributed by atoms with Gasteiger partial charge in [-0.3, -0.25) is 4.79 Å². The van der Waals surface area contributed by atoms with E-state index in [0.717, 1.165) is 0 Å². The number of carbonyl (C=O) groups excluding carboxylic acids is 2. The summed E-state index contributed by atoms with van der Waals surface area (Å²) >= 11 is 0. The van der Waals surface area contributed by atoms with Crippen molar-refractivity contribution < 1.29 is 19.1 Å². The Bertz CT molecular complexity index is 224. The first-order valence-electron chi connectivity index (χ1n) is 4.94. The summed E-state index contributed by atoms with van der Waals surface area (Å²) in [6.07, 6.45) is 0.497. The van der Waals surface area contributed by atoms with E-state index in [1.807, 2.05) is 6.92 Å². The van der Waals surface area contributed by atoms with Crippen molar-refractivity contribution in [2.24, 2.45) is 11.8 Å². The van der Waals surface area contributed by atoms with Gasteiger partial charge in [0.25, 0.3) is 0 Å². The van der Waals surface area contributed by atoms with Crippen LogP contribution in [0.4, 0.5) is 4.79 Å². The molecule has 0 aliphatic heterocycles. The van der Waals surface area contributed by atoms with Crippen LogP contribution in [0.3, 0.4) is 0 Å². The summed E-state index contributed by atoms with van der Waals surface area (Å²) in [5.41, 5.74) is 0. The van der Waals surface area contributed by atoms with Gasteiger partial charge in [-0.2, -0.15) is 0 Å². The number of hydrogen-bond acceptors (Lipinski definition) is 4. The molecule has 2 atom stereocenters. The van der Waals surface area contributed by atoms with Crippen molar-refractivity contribution in [2.45, 2.75) is 26.7 Å². The van der Waals surface area contributed by atoms with Crippen LogP contribution in [-0.4, -0.2) is 25.2 Å². The lowest BCUT2D eigenvalue weighted by Crippen LogP contribution is -2.16. The van der Waals surface area contributed by atoms with Crippen LogP contribution in [0, 0.1) is 11.8 Å². The minimum Gasteiger partial charge on any atom is -0.435 e. The number of hydrogen-bond donors (Lipinski definition) is 0. The molecule has 0 heterocycles. The summed E-state index contributed by atoms with van der Waals surface area (Å²) in [6, 6.07) is 0. The number of carbonyl (C=O) groups is 2. The van der Waals surface area contributed by atoms with E-state index in [1.54, 1.807) is 6.92 Å². The Morgan fingerprint density at radius 1 is 1.43 bits per heavy atom. The molecule has 0 saturated heterocycles. The summed E-state index contributed by atoms with van der Waals surface area (Å²) in [4.78, 5) is 21.9. The molecule has 80 valence electrons. The largest absolute Gasteiger partial charge is 0.508 e. The fraction of sp³-hybridized carbons (Fsp3) is 0.800. The normalized spacial score (nSPS) is 26.3. The van der Waals surface area contributed by atoms with E-state index in [9.17, 15) is 9.59 Å². The zero-order valence-electron chi connectivity index (χ0n) is 8.62. The van der Waals surface area contributed by atoms with Gasteiger partial charge < -0.3 is 9.47 Å². The number of ketones is 1. The number of ether oxygens (including phenoxy) is 2. The lowest BCUT2D eigenvalue weighted by Gasteiger charge is -2.13. The van der Waals surface area contributed by atoms with Crippen molar-refractivity contribution in [1.82, 2.24) is 0 Å². The second-order valence-corrected chi connectivity index (χ2v) is 3.68. The molecule has 4 nitrogen and oxygen atoms in total. The molecule has 0 amide bonds. The van der Waals surface area contributed by atoms with Crippen molar-refractivity contribution in [3.63, 3.8) is 0 Å². The second kappa shape index (κ2) is 4.98. The van der Waals surface area contributed by atoms with Gasteiger partial charge in [-0.15, -0.1) is 0 Å². The van der Waals surface area contributed by atoms with Crippen molar-refractivity contribution in [3.8, 4) is 0 Å². The van der Waals surface area contributed by atoms with Gasteiger partial charge in [0, 0.05) is 18.8 Å². The topological polar surface area (TPSA) is 52.6 Å². The first kappa shape index (κ1) is 11.0. The highest BCUT2D eigenvalue weighted by Gasteiger charge is 2.30. The Morgan fingerprint density at radius 2 is 2.14 bits per heavy atom. The third-order valence-electron chi connectivity index (χ3n) is 2.52. The van der Waals surface area contributed by atoms with E-state index in [2.05, 4.69) is 4.74 Å². The Balaban J connectivity index is 2.24. The Labute approximate surface area is 83.6 Å². The zero-order valence-corrected chi connectivity index (χ0v) is 8.62. The molecule has 1 aliphatic carbocycles. The van der Waals surface area contributed by atoms with Crippen molar-refractivity contribution in [2.75, 3.05) is 13.2 Å². The maximum Gasteiger partial charge on any atom is 0.508 e. The van der Waals surface area contributed by atoms with Gasteiger partial charge in [0.2, 0.25) is 0 Å². The van der Waals surface area contributed by atoms with Gasteiger partial charge in [-0.1, -0.05) is 6.92 Å². The molecule has 14 heavy (non-hydrogen) atoms. The summed E-state index contributed by atoms with van der Waals surface area (Å²) < 4.78 is 9.49. The highest BCUT2D eigenvalue weighted by molar-refractivity contribution is 5.81. The Hall–Kier alpha value is -1.06. The molecule has 0 bridgehead atoms. The van der Waals surface area contributed by atoms with E-state index >= 15 is 0 Å². The standard InChI is InChI=1S/C10H16O4/c1-3-13-10(12)14-6-8-5-9(11)4-7(8)2/h7-8H,3-6H2,1-2H3/t7-,8+/m0/s1. The monoisotopic (exact) mass is 200 g/mol. The molecular weight excluding hydrogens is 184 g/mol. The number of Topliss-reactive ketones (excluding diaryl/α,β-unsaturated/α-hetero) is 1. The molecule has 0 unspecified atom stereocenters. The smallest absolute Gasteiger partial charge is 0.435 e. The molecule has 0 radical (unpaired) electrons. The molecule has 0 N–H and O–H groups in total. The summed E-state index contributed by atoms with van der Waals surface area (Å²) in [5, 5.41) is 0. The van der Waals surface area contributed by atoms with Crippen molar-refractivity contribution in [3.05, 3.63) is 0 Å². The zero-order chi connectivity index (χ0) is 10.6. The molecule has 1 rings (SSSR count). The summed E-state index contributed by atoms with van der Waals surface area (Å²) in [7, 11) is 0. The van der Waals surface area contributed by atoms with Crippen LogP contribution in [0.2, 0.25) is 0 Å². The van der Waals surface area contributed by atoms with E-state index in [1.165, 1.54) is 0 Å². The molecular formula is C10H16O4. The first-order chi connectivity index (χ1) is 6.63. The SMILES string of the molecule is CCOC(=O)OC[C@H]1CC(=O)C[C@@H]1C. The average Bonchev–Trinajstić information content (AvgIpc) is 2.42. The summed E-state index contributed by atoms with van der Waals surface area (Å²) in [6.45, 7) is 4.34. The van der Waals surface area contributed by atoms with Crippen LogP contribution in [0.5, 0.6) is 0 Å². The van der Waals surface area contributed by atoms with Crippen LogP contribution in [-0.2, 0) is 14.3 Å². The van der Waals surface area contributed by atoms with Gasteiger partial charge in [-0.05, 0) is 12.8 Å². The predicted molar refractivity (Wildman–Crippen MR) is 49.9 cm³/mol. The fourth-order valence-electron chi connectivity index (χ4n) is 1.66. The molecule has 0 aromatic carbocycles. The van der Waals surface area contributed by atoms with E-state index in [0.29, 0.717) is 32.0 Å². The minimum absolute atomic E-state index is 0.173. The fourth-order valence-corrected chi connectivity index (χ4v) is 1.66.